The number of primary amides is 1. The highest BCUT2D eigenvalue weighted by Gasteiger charge is 2.34. The van der Waals surface area contributed by atoms with Gasteiger partial charge in [0, 0.05) is 6.54 Å². The number of amides is 3. The number of rotatable bonds is 4. The van der Waals surface area contributed by atoms with Crippen LogP contribution in [0, 0.1) is 0 Å². The van der Waals surface area contributed by atoms with Gasteiger partial charge in [-0.1, -0.05) is 11.3 Å². The standard InChI is InChI=1S/C15H16N4O4S/c16-12(20)11-8-17-15(24-11)18-13(21)9-4-1-2-6-19(9)14(22)10-5-3-7-23-10/h3,5,7-9H,1-2,4,6H2,(H2,16,20)(H,17,18,21)/t9-/m0/s1. The van der Waals surface area contributed by atoms with Crippen LogP contribution in [0.1, 0.15) is 39.5 Å². The van der Waals surface area contributed by atoms with Gasteiger partial charge in [-0.2, -0.15) is 0 Å². The summed E-state index contributed by atoms with van der Waals surface area (Å²) >= 11 is 1.00. The number of nitrogens with two attached hydrogens (primary N) is 1. The molecule has 0 aliphatic carbocycles. The molecule has 0 saturated carbocycles. The van der Waals surface area contributed by atoms with Crippen LogP contribution in [0.5, 0.6) is 0 Å². The summed E-state index contributed by atoms with van der Waals surface area (Å²) in [6.07, 6.45) is 4.98. The molecule has 0 spiro atoms. The predicted molar refractivity (Wildman–Crippen MR) is 86.6 cm³/mol. The number of aromatic nitrogens is 1. The first-order valence-electron chi connectivity index (χ1n) is 7.47. The number of carbonyl (C=O) groups is 3. The van der Waals surface area contributed by atoms with E-state index in [1.165, 1.54) is 17.4 Å². The molecule has 24 heavy (non-hydrogen) atoms. The Labute approximate surface area is 141 Å². The number of nitrogens with one attached hydrogen (secondary N) is 1. The van der Waals surface area contributed by atoms with Crippen LogP contribution in [0.3, 0.4) is 0 Å². The number of hydrogen-bond donors (Lipinski definition) is 2. The summed E-state index contributed by atoms with van der Waals surface area (Å²) < 4.78 is 5.14. The van der Waals surface area contributed by atoms with Crippen LogP contribution < -0.4 is 11.1 Å². The van der Waals surface area contributed by atoms with Crippen LogP contribution in [0.2, 0.25) is 0 Å². The van der Waals surface area contributed by atoms with Crippen molar-refractivity contribution in [2.45, 2.75) is 25.3 Å². The van der Waals surface area contributed by atoms with Gasteiger partial charge in [-0.25, -0.2) is 4.98 Å². The molecule has 3 N–H and O–H groups in total. The molecule has 0 unspecified atom stereocenters. The largest absolute Gasteiger partial charge is 0.459 e. The molecular formula is C15H16N4O4S. The highest BCUT2D eigenvalue weighted by atomic mass is 32.1. The fourth-order valence-electron chi connectivity index (χ4n) is 2.62. The van der Waals surface area contributed by atoms with Gasteiger partial charge in [0.25, 0.3) is 11.8 Å². The highest BCUT2D eigenvalue weighted by molar-refractivity contribution is 7.17. The summed E-state index contributed by atoms with van der Waals surface area (Å²) in [7, 11) is 0. The van der Waals surface area contributed by atoms with Crippen LogP contribution in [0.4, 0.5) is 5.13 Å². The maximum Gasteiger partial charge on any atom is 0.290 e. The zero-order valence-electron chi connectivity index (χ0n) is 12.7. The molecule has 1 atom stereocenters. The summed E-state index contributed by atoms with van der Waals surface area (Å²) in [4.78, 5) is 41.9. The lowest BCUT2D eigenvalue weighted by molar-refractivity contribution is -0.121. The Morgan fingerprint density at radius 1 is 1.38 bits per heavy atom. The summed E-state index contributed by atoms with van der Waals surface area (Å²) in [5.74, 6) is -1.03. The molecular weight excluding hydrogens is 332 g/mol. The van der Waals surface area contributed by atoms with Gasteiger partial charge in [-0.15, -0.1) is 0 Å². The molecule has 0 aromatic carbocycles. The predicted octanol–water partition coefficient (Wildman–Crippen LogP) is 1.47. The van der Waals surface area contributed by atoms with E-state index in [1.54, 1.807) is 12.1 Å². The smallest absolute Gasteiger partial charge is 0.290 e. The second-order valence-electron chi connectivity index (χ2n) is 5.37. The van der Waals surface area contributed by atoms with E-state index in [4.69, 9.17) is 10.2 Å². The van der Waals surface area contributed by atoms with Crippen molar-refractivity contribution in [3.63, 3.8) is 0 Å². The van der Waals surface area contributed by atoms with Crippen molar-refractivity contribution in [3.8, 4) is 0 Å². The summed E-state index contributed by atoms with van der Waals surface area (Å²) in [5, 5.41) is 2.94. The fourth-order valence-corrected chi connectivity index (χ4v) is 3.29. The minimum atomic E-state index is -0.600. The average Bonchev–Trinajstić information content (AvgIpc) is 3.26. The Morgan fingerprint density at radius 2 is 2.21 bits per heavy atom. The average molecular weight is 348 g/mol. The van der Waals surface area contributed by atoms with Crippen molar-refractivity contribution in [2.24, 2.45) is 5.73 Å². The van der Waals surface area contributed by atoms with Crippen molar-refractivity contribution in [2.75, 3.05) is 11.9 Å². The lowest BCUT2D eigenvalue weighted by Crippen LogP contribution is -2.49. The molecule has 1 saturated heterocycles. The number of nitrogens with zero attached hydrogens (tertiary/aromatic N) is 2. The molecule has 0 bridgehead atoms. The molecule has 3 amide bonds. The zero-order chi connectivity index (χ0) is 17.1. The SMILES string of the molecule is NC(=O)c1cnc(NC(=O)[C@@H]2CCCCN2C(=O)c2ccco2)s1. The van der Waals surface area contributed by atoms with Crippen LogP contribution >= 0.6 is 11.3 Å². The molecule has 1 aliphatic rings. The summed E-state index contributed by atoms with van der Waals surface area (Å²) in [5.41, 5.74) is 5.17. The van der Waals surface area contributed by atoms with E-state index in [0.29, 0.717) is 13.0 Å². The lowest BCUT2D eigenvalue weighted by Gasteiger charge is -2.33. The van der Waals surface area contributed by atoms with Gasteiger partial charge in [-0.05, 0) is 31.4 Å². The maximum atomic E-state index is 12.5. The first-order chi connectivity index (χ1) is 11.6. The fraction of sp³-hybridized carbons (Fsp3) is 0.333. The van der Waals surface area contributed by atoms with Crippen LogP contribution in [-0.2, 0) is 4.79 Å². The van der Waals surface area contributed by atoms with Crippen LogP contribution in [0.15, 0.2) is 29.0 Å². The normalized spacial score (nSPS) is 17.5. The number of furan rings is 1. The van der Waals surface area contributed by atoms with Crippen LogP contribution in [-0.4, -0.2) is 40.2 Å². The Morgan fingerprint density at radius 3 is 2.88 bits per heavy atom. The third-order valence-electron chi connectivity index (χ3n) is 3.78. The number of piperidine rings is 1. The minimum Gasteiger partial charge on any atom is -0.459 e. The van der Waals surface area contributed by atoms with Gasteiger partial charge < -0.3 is 20.4 Å². The Hall–Kier alpha value is -2.68. The van der Waals surface area contributed by atoms with E-state index in [0.717, 1.165) is 24.2 Å². The molecule has 9 heteroatoms. The number of carbonyl (C=O) groups excluding carboxylic acids is 3. The molecule has 1 fully saturated rings. The van der Waals surface area contributed by atoms with E-state index in [2.05, 4.69) is 10.3 Å². The Kier molecular flexibility index (Phi) is 4.61. The van der Waals surface area contributed by atoms with E-state index in [-0.39, 0.29) is 27.6 Å². The van der Waals surface area contributed by atoms with E-state index in [9.17, 15) is 14.4 Å². The summed E-state index contributed by atoms with van der Waals surface area (Å²) in [6, 6.07) is 2.61. The van der Waals surface area contributed by atoms with E-state index in [1.807, 2.05) is 0 Å². The third-order valence-corrected chi connectivity index (χ3v) is 4.70. The van der Waals surface area contributed by atoms with Gasteiger partial charge in [0.05, 0.1) is 12.5 Å². The van der Waals surface area contributed by atoms with Crippen molar-refractivity contribution in [1.29, 1.82) is 0 Å². The quantitative estimate of drug-likeness (QED) is 0.867. The second-order valence-corrected chi connectivity index (χ2v) is 6.40. The topological polar surface area (TPSA) is 119 Å². The highest BCUT2D eigenvalue weighted by Crippen LogP contribution is 2.23. The molecule has 0 radical (unpaired) electrons. The first-order valence-corrected chi connectivity index (χ1v) is 8.29. The minimum absolute atomic E-state index is 0.208. The number of anilines is 1. The molecule has 3 rings (SSSR count). The Balaban J connectivity index is 1.73. The lowest BCUT2D eigenvalue weighted by atomic mass is 10.0. The van der Waals surface area contributed by atoms with Crippen molar-refractivity contribution >= 4 is 34.2 Å². The van der Waals surface area contributed by atoms with E-state index >= 15 is 0 Å². The molecule has 2 aromatic rings. The zero-order valence-corrected chi connectivity index (χ0v) is 13.5. The first kappa shape index (κ1) is 16.2. The van der Waals surface area contributed by atoms with Gasteiger partial charge in [0.15, 0.2) is 10.9 Å². The van der Waals surface area contributed by atoms with Crippen molar-refractivity contribution < 1.29 is 18.8 Å². The number of thiazole rings is 1. The van der Waals surface area contributed by atoms with Gasteiger partial charge >= 0.3 is 0 Å². The molecule has 1 aliphatic heterocycles. The van der Waals surface area contributed by atoms with E-state index < -0.39 is 11.9 Å². The third kappa shape index (κ3) is 3.30. The maximum absolute atomic E-state index is 12.5. The summed E-state index contributed by atoms with van der Waals surface area (Å²) in [6.45, 7) is 0.488. The number of likely N-dealkylation sites (tertiary alicyclic amines) is 1. The molecule has 8 nitrogen and oxygen atoms in total. The number of hydrogen-bond acceptors (Lipinski definition) is 6. The Bertz CT molecular complexity index is 755. The monoisotopic (exact) mass is 348 g/mol. The van der Waals surface area contributed by atoms with Gasteiger partial charge in [-0.3, -0.25) is 14.4 Å². The second kappa shape index (κ2) is 6.83. The van der Waals surface area contributed by atoms with Crippen LogP contribution in [0.25, 0.3) is 0 Å². The van der Waals surface area contributed by atoms with Crippen molar-refractivity contribution in [3.05, 3.63) is 35.2 Å². The molecule has 2 aromatic heterocycles. The molecule has 126 valence electrons. The van der Waals surface area contributed by atoms with Gasteiger partial charge in [0.2, 0.25) is 5.91 Å². The van der Waals surface area contributed by atoms with Crippen molar-refractivity contribution in [1.82, 2.24) is 9.88 Å². The van der Waals surface area contributed by atoms with Gasteiger partial charge in [0.1, 0.15) is 10.9 Å². The molecule has 3 heterocycles.